The van der Waals surface area contributed by atoms with Crippen molar-refractivity contribution in [3.63, 3.8) is 0 Å². The largest absolute Gasteiger partial charge is 0.485 e. The average Bonchev–Trinajstić information content (AvgIpc) is 2.77. The zero-order valence-electron chi connectivity index (χ0n) is 16.2. The van der Waals surface area contributed by atoms with Crippen molar-refractivity contribution in [3.05, 3.63) is 113 Å². The quantitative estimate of drug-likeness (QED) is 0.500. The van der Waals surface area contributed by atoms with E-state index in [-0.39, 0.29) is 12.2 Å². The Balaban J connectivity index is 1.48. The molecule has 0 amide bonds. The maximum atomic E-state index is 12.6. The van der Waals surface area contributed by atoms with Crippen LogP contribution in [-0.4, -0.2) is 14.5 Å². The van der Waals surface area contributed by atoms with Crippen molar-refractivity contribution in [1.82, 2.24) is 14.5 Å². The van der Waals surface area contributed by atoms with Crippen LogP contribution in [0.2, 0.25) is 0 Å². The van der Waals surface area contributed by atoms with Crippen molar-refractivity contribution in [3.8, 4) is 16.9 Å². The zero-order valence-corrected chi connectivity index (χ0v) is 16.2. The Morgan fingerprint density at radius 1 is 0.862 bits per heavy atom. The summed E-state index contributed by atoms with van der Waals surface area (Å²) in [6, 6.07) is 23.7. The van der Waals surface area contributed by atoms with Gasteiger partial charge < -0.3 is 9.30 Å². The lowest BCUT2D eigenvalue weighted by Gasteiger charge is -2.13. The van der Waals surface area contributed by atoms with Gasteiger partial charge >= 0.3 is 0 Å². The molecule has 2 heterocycles. The Morgan fingerprint density at radius 2 is 1.55 bits per heavy atom. The van der Waals surface area contributed by atoms with E-state index in [0.29, 0.717) is 18.1 Å². The first-order valence-corrected chi connectivity index (χ1v) is 9.43. The van der Waals surface area contributed by atoms with Crippen molar-refractivity contribution in [2.24, 2.45) is 0 Å². The molecule has 29 heavy (non-hydrogen) atoms. The SMILES string of the molecule is Cc1cc(OCc2ncccn2)cc(=O)n1Cc1ccc(-c2ccccc2)cc1. The fourth-order valence-electron chi connectivity index (χ4n) is 3.15. The minimum absolute atomic E-state index is 0.0962. The molecule has 0 aliphatic heterocycles. The summed E-state index contributed by atoms with van der Waals surface area (Å²) in [6.45, 7) is 2.65. The summed E-state index contributed by atoms with van der Waals surface area (Å²) in [4.78, 5) is 20.9. The molecular weight excluding hydrogens is 362 g/mol. The highest BCUT2D eigenvalue weighted by Crippen LogP contribution is 2.20. The smallest absolute Gasteiger partial charge is 0.254 e. The van der Waals surface area contributed by atoms with Crippen molar-refractivity contribution in [1.29, 1.82) is 0 Å². The molecule has 0 radical (unpaired) electrons. The van der Waals surface area contributed by atoms with E-state index in [1.807, 2.05) is 31.2 Å². The molecule has 4 aromatic rings. The third kappa shape index (κ3) is 4.58. The lowest BCUT2D eigenvalue weighted by molar-refractivity contribution is 0.294. The first-order chi connectivity index (χ1) is 14.2. The summed E-state index contributed by atoms with van der Waals surface area (Å²) < 4.78 is 7.42. The molecule has 5 nitrogen and oxygen atoms in total. The molecule has 0 atom stereocenters. The molecule has 0 saturated carbocycles. The van der Waals surface area contributed by atoms with Gasteiger partial charge in [0, 0.05) is 24.2 Å². The lowest BCUT2D eigenvalue weighted by Crippen LogP contribution is -2.22. The summed E-state index contributed by atoms with van der Waals surface area (Å²) in [5, 5.41) is 0. The van der Waals surface area contributed by atoms with Gasteiger partial charge in [0.2, 0.25) is 0 Å². The number of nitrogens with zero attached hydrogens (tertiary/aromatic N) is 3. The summed E-state index contributed by atoms with van der Waals surface area (Å²) in [5.41, 5.74) is 4.15. The van der Waals surface area contributed by atoms with Gasteiger partial charge in [0.15, 0.2) is 5.82 Å². The molecule has 0 aliphatic rings. The van der Waals surface area contributed by atoms with Crippen LogP contribution in [0.4, 0.5) is 0 Å². The summed E-state index contributed by atoms with van der Waals surface area (Å²) >= 11 is 0. The number of ether oxygens (including phenoxy) is 1. The van der Waals surface area contributed by atoms with E-state index in [4.69, 9.17) is 4.74 Å². The molecule has 0 aliphatic carbocycles. The Labute approximate surface area is 169 Å². The van der Waals surface area contributed by atoms with Gasteiger partial charge in [0.05, 0.1) is 6.54 Å². The molecule has 4 rings (SSSR count). The number of hydrogen-bond donors (Lipinski definition) is 0. The van der Waals surface area contributed by atoms with Gasteiger partial charge in [-0.25, -0.2) is 9.97 Å². The highest BCUT2D eigenvalue weighted by Gasteiger charge is 2.07. The molecule has 5 heteroatoms. The van der Waals surface area contributed by atoms with Gasteiger partial charge in [-0.2, -0.15) is 0 Å². The van der Waals surface area contributed by atoms with Crippen LogP contribution in [0, 0.1) is 6.92 Å². The van der Waals surface area contributed by atoms with Gasteiger partial charge in [-0.3, -0.25) is 4.79 Å². The molecule has 0 N–H and O–H groups in total. The Hall–Kier alpha value is -3.73. The molecule has 0 unspecified atom stereocenters. The first kappa shape index (κ1) is 18.6. The van der Waals surface area contributed by atoms with Crippen molar-refractivity contribution in [2.45, 2.75) is 20.1 Å². The normalized spacial score (nSPS) is 10.7. The van der Waals surface area contributed by atoms with E-state index < -0.39 is 0 Å². The summed E-state index contributed by atoms with van der Waals surface area (Å²) in [6.07, 6.45) is 3.33. The van der Waals surface area contributed by atoms with E-state index in [0.717, 1.165) is 16.8 Å². The van der Waals surface area contributed by atoms with E-state index >= 15 is 0 Å². The van der Waals surface area contributed by atoms with Crippen LogP contribution >= 0.6 is 0 Å². The zero-order chi connectivity index (χ0) is 20.1. The number of rotatable bonds is 6. The maximum absolute atomic E-state index is 12.6. The summed E-state index contributed by atoms with van der Waals surface area (Å²) in [7, 11) is 0. The van der Waals surface area contributed by atoms with Crippen LogP contribution in [0.25, 0.3) is 11.1 Å². The molecule has 2 aromatic heterocycles. The van der Waals surface area contributed by atoms with E-state index in [2.05, 4.69) is 46.4 Å². The van der Waals surface area contributed by atoms with Crippen LogP contribution in [0.3, 0.4) is 0 Å². The van der Waals surface area contributed by atoms with Crippen molar-refractivity contribution in [2.75, 3.05) is 0 Å². The molecule has 0 bridgehead atoms. The number of aryl methyl sites for hydroxylation is 1. The van der Waals surface area contributed by atoms with Crippen molar-refractivity contribution >= 4 is 0 Å². The van der Waals surface area contributed by atoms with Gasteiger partial charge in [0.25, 0.3) is 5.56 Å². The third-order valence-corrected chi connectivity index (χ3v) is 4.70. The van der Waals surface area contributed by atoms with Crippen molar-refractivity contribution < 1.29 is 4.74 Å². The van der Waals surface area contributed by atoms with Gasteiger partial charge in [-0.1, -0.05) is 54.6 Å². The number of pyridine rings is 1. The first-order valence-electron chi connectivity index (χ1n) is 9.43. The van der Waals surface area contributed by atoms with Gasteiger partial charge in [0.1, 0.15) is 12.4 Å². The second-order valence-corrected chi connectivity index (χ2v) is 6.77. The minimum atomic E-state index is -0.0962. The average molecular weight is 383 g/mol. The highest BCUT2D eigenvalue weighted by molar-refractivity contribution is 5.63. The number of benzene rings is 2. The third-order valence-electron chi connectivity index (χ3n) is 4.70. The van der Waals surface area contributed by atoms with Crippen LogP contribution in [-0.2, 0) is 13.2 Å². The van der Waals surface area contributed by atoms with E-state index in [1.165, 1.54) is 11.6 Å². The second kappa shape index (κ2) is 8.52. The number of aromatic nitrogens is 3. The fourth-order valence-corrected chi connectivity index (χ4v) is 3.15. The standard InChI is InChI=1S/C24H21N3O2/c1-18-14-22(29-17-23-25-12-5-13-26-23)15-24(28)27(18)16-19-8-10-21(11-9-19)20-6-3-2-4-7-20/h2-15H,16-17H2,1H3. The predicted molar refractivity (Wildman–Crippen MR) is 113 cm³/mol. The molecule has 2 aromatic carbocycles. The highest BCUT2D eigenvalue weighted by atomic mass is 16.5. The Bertz CT molecular complexity index is 1140. The van der Waals surface area contributed by atoms with Crippen LogP contribution in [0.5, 0.6) is 5.75 Å². The minimum Gasteiger partial charge on any atom is -0.485 e. The molecule has 0 spiro atoms. The summed E-state index contributed by atoms with van der Waals surface area (Å²) in [5.74, 6) is 1.10. The van der Waals surface area contributed by atoms with Gasteiger partial charge in [-0.15, -0.1) is 0 Å². The number of hydrogen-bond acceptors (Lipinski definition) is 4. The van der Waals surface area contributed by atoms with Crippen LogP contribution in [0.1, 0.15) is 17.1 Å². The van der Waals surface area contributed by atoms with Gasteiger partial charge in [-0.05, 0) is 35.7 Å². The predicted octanol–water partition coefficient (Wildman–Crippen LogP) is 4.24. The molecular formula is C24H21N3O2. The molecule has 0 fully saturated rings. The fraction of sp³-hybridized carbons (Fsp3) is 0.125. The van der Waals surface area contributed by atoms with E-state index in [9.17, 15) is 4.79 Å². The monoisotopic (exact) mass is 383 g/mol. The molecule has 144 valence electrons. The maximum Gasteiger partial charge on any atom is 0.254 e. The Kier molecular flexibility index (Phi) is 5.47. The molecule has 0 saturated heterocycles. The lowest BCUT2D eigenvalue weighted by atomic mass is 10.0. The van der Waals surface area contributed by atoms with Crippen LogP contribution in [0.15, 0.2) is 90.0 Å². The topological polar surface area (TPSA) is 57.0 Å². The Morgan fingerprint density at radius 3 is 2.24 bits per heavy atom. The van der Waals surface area contributed by atoms with Crippen LogP contribution < -0.4 is 10.3 Å². The second-order valence-electron chi connectivity index (χ2n) is 6.77. The van der Waals surface area contributed by atoms with E-state index in [1.54, 1.807) is 23.0 Å².